The Morgan fingerprint density at radius 1 is 1.00 bits per heavy atom. The summed E-state index contributed by atoms with van der Waals surface area (Å²) in [6.07, 6.45) is 5.69. The van der Waals surface area contributed by atoms with Crippen LogP contribution < -0.4 is 9.47 Å². The van der Waals surface area contributed by atoms with Gasteiger partial charge in [0.1, 0.15) is 11.5 Å². The van der Waals surface area contributed by atoms with Crippen LogP contribution in [0.4, 0.5) is 0 Å². The molecule has 0 saturated heterocycles. The summed E-state index contributed by atoms with van der Waals surface area (Å²) in [4.78, 5) is 0.640. The van der Waals surface area contributed by atoms with Gasteiger partial charge in [0.15, 0.2) is 0 Å². The minimum atomic E-state index is 0.532. The van der Waals surface area contributed by atoms with E-state index in [4.69, 9.17) is 9.47 Å². The summed E-state index contributed by atoms with van der Waals surface area (Å²) < 4.78 is 12.0. The van der Waals surface area contributed by atoms with Crippen molar-refractivity contribution in [3.63, 3.8) is 0 Å². The Kier molecular flexibility index (Phi) is 8.77. The number of unbranched alkanes of at least 4 members (excludes halogenated alkanes) is 1. The van der Waals surface area contributed by atoms with Gasteiger partial charge in [0.2, 0.25) is 0 Å². The summed E-state index contributed by atoms with van der Waals surface area (Å²) in [5, 5.41) is 2.49. The van der Waals surface area contributed by atoms with Crippen molar-refractivity contribution in [3.8, 4) is 11.5 Å². The van der Waals surface area contributed by atoms with E-state index in [-0.39, 0.29) is 0 Å². The van der Waals surface area contributed by atoms with Gasteiger partial charge in [-0.3, -0.25) is 0 Å². The van der Waals surface area contributed by atoms with Gasteiger partial charge in [-0.2, -0.15) is 0 Å². The molecule has 2 rings (SSSR count). The zero-order valence-corrected chi connectivity index (χ0v) is 18.3. The summed E-state index contributed by atoms with van der Waals surface area (Å²) in [6, 6.07) is 10.7. The maximum atomic E-state index is 6.11. The quantitative estimate of drug-likeness (QED) is 0.283. The average molecular weight is 421 g/mol. The molecular formula is C23H33BrO2. The van der Waals surface area contributed by atoms with Crippen LogP contribution in [0.15, 0.2) is 30.3 Å². The summed E-state index contributed by atoms with van der Waals surface area (Å²) in [7, 11) is 0. The van der Waals surface area contributed by atoms with Crippen molar-refractivity contribution in [2.75, 3.05) is 13.2 Å². The molecule has 0 aliphatic carbocycles. The van der Waals surface area contributed by atoms with Crippen molar-refractivity contribution >= 4 is 26.7 Å². The number of hydrogen-bond donors (Lipinski definition) is 0. The lowest BCUT2D eigenvalue weighted by Gasteiger charge is -2.15. The number of hydrogen-bond acceptors (Lipinski definition) is 2. The molecular weight excluding hydrogens is 388 g/mol. The molecule has 0 amide bonds. The molecule has 144 valence electrons. The van der Waals surface area contributed by atoms with Gasteiger partial charge >= 0.3 is 0 Å². The standard InChI is InChI=1S/C23H33BrO2/c1-5-19(24)9-7-8-14-25-23-13-10-18-15-20(26-16-17(3)4)11-12-22(18)21(23)6-2/h10-13,15,17,19H,5-9,14,16H2,1-4H3. The fourth-order valence-corrected chi connectivity index (χ4v) is 3.38. The molecule has 0 heterocycles. The first kappa shape index (κ1) is 21.1. The van der Waals surface area contributed by atoms with E-state index >= 15 is 0 Å². The van der Waals surface area contributed by atoms with E-state index in [0.29, 0.717) is 10.7 Å². The zero-order chi connectivity index (χ0) is 18.9. The predicted molar refractivity (Wildman–Crippen MR) is 116 cm³/mol. The Balaban J connectivity index is 2.03. The van der Waals surface area contributed by atoms with Gasteiger partial charge in [0, 0.05) is 10.4 Å². The number of fused-ring (bicyclic) bond motifs is 1. The summed E-state index contributed by atoms with van der Waals surface area (Å²) in [5.74, 6) is 2.51. The minimum Gasteiger partial charge on any atom is -0.493 e. The molecule has 3 heteroatoms. The molecule has 0 radical (unpaired) electrons. The SMILES string of the molecule is CCc1c(OCCCCC(Br)CC)ccc2cc(OCC(C)C)ccc12. The third-order valence-corrected chi connectivity index (χ3v) is 5.71. The molecule has 2 aromatic carbocycles. The van der Waals surface area contributed by atoms with E-state index < -0.39 is 0 Å². The third kappa shape index (κ3) is 6.19. The fourth-order valence-electron chi connectivity index (χ4n) is 3.06. The van der Waals surface area contributed by atoms with Gasteiger partial charge in [-0.15, -0.1) is 0 Å². The zero-order valence-electron chi connectivity index (χ0n) is 16.7. The summed E-state index contributed by atoms with van der Waals surface area (Å²) in [5.41, 5.74) is 1.30. The monoisotopic (exact) mass is 420 g/mol. The van der Waals surface area contributed by atoms with Crippen molar-refractivity contribution in [2.45, 2.75) is 64.6 Å². The second-order valence-electron chi connectivity index (χ2n) is 7.33. The Hall–Kier alpha value is -1.22. The molecule has 0 bridgehead atoms. The third-order valence-electron chi connectivity index (χ3n) is 4.61. The van der Waals surface area contributed by atoms with Crippen molar-refractivity contribution in [2.24, 2.45) is 5.92 Å². The van der Waals surface area contributed by atoms with Crippen LogP contribution in [0, 0.1) is 5.92 Å². The minimum absolute atomic E-state index is 0.532. The van der Waals surface area contributed by atoms with Crippen LogP contribution in [0.25, 0.3) is 10.8 Å². The molecule has 0 saturated carbocycles. The van der Waals surface area contributed by atoms with Crippen LogP contribution in [0.3, 0.4) is 0 Å². The lowest BCUT2D eigenvalue weighted by atomic mass is 10.0. The fraction of sp³-hybridized carbons (Fsp3) is 0.565. The van der Waals surface area contributed by atoms with Crippen molar-refractivity contribution in [1.29, 1.82) is 0 Å². The highest BCUT2D eigenvalue weighted by molar-refractivity contribution is 9.09. The smallest absolute Gasteiger partial charge is 0.123 e. The van der Waals surface area contributed by atoms with Gasteiger partial charge in [-0.05, 0) is 67.0 Å². The van der Waals surface area contributed by atoms with Crippen LogP contribution in [0.1, 0.15) is 58.9 Å². The molecule has 0 N–H and O–H groups in total. The normalized spacial score (nSPS) is 12.5. The van der Waals surface area contributed by atoms with Gasteiger partial charge in [-0.1, -0.05) is 55.8 Å². The first-order valence-corrected chi connectivity index (χ1v) is 10.9. The maximum absolute atomic E-state index is 6.11. The second kappa shape index (κ2) is 10.8. The molecule has 0 aliphatic heterocycles. The maximum Gasteiger partial charge on any atom is 0.123 e. The molecule has 2 nitrogen and oxygen atoms in total. The van der Waals surface area contributed by atoms with Gasteiger partial charge in [0.05, 0.1) is 13.2 Å². The van der Waals surface area contributed by atoms with Crippen LogP contribution >= 0.6 is 15.9 Å². The van der Waals surface area contributed by atoms with E-state index in [9.17, 15) is 0 Å². The van der Waals surface area contributed by atoms with Gasteiger partial charge < -0.3 is 9.47 Å². The highest BCUT2D eigenvalue weighted by atomic mass is 79.9. The van der Waals surface area contributed by atoms with Crippen molar-refractivity contribution < 1.29 is 9.47 Å². The van der Waals surface area contributed by atoms with Gasteiger partial charge in [-0.25, -0.2) is 0 Å². The van der Waals surface area contributed by atoms with Gasteiger partial charge in [0.25, 0.3) is 0 Å². The number of aryl methyl sites for hydroxylation is 1. The number of ether oxygens (including phenoxy) is 2. The van der Waals surface area contributed by atoms with E-state index in [0.717, 1.165) is 37.6 Å². The Morgan fingerprint density at radius 2 is 1.81 bits per heavy atom. The van der Waals surface area contributed by atoms with Crippen molar-refractivity contribution in [1.82, 2.24) is 0 Å². The lowest BCUT2D eigenvalue weighted by Crippen LogP contribution is -2.04. The van der Waals surface area contributed by atoms with E-state index in [1.807, 2.05) is 0 Å². The molecule has 0 aliphatic rings. The van der Waals surface area contributed by atoms with Crippen molar-refractivity contribution in [3.05, 3.63) is 35.9 Å². The Labute approximate surface area is 167 Å². The number of benzene rings is 2. The number of halogens is 1. The van der Waals surface area contributed by atoms with Crippen LogP contribution in [0.2, 0.25) is 0 Å². The van der Waals surface area contributed by atoms with Crippen LogP contribution in [-0.4, -0.2) is 18.0 Å². The highest BCUT2D eigenvalue weighted by Crippen LogP contribution is 2.31. The van der Waals surface area contributed by atoms with Crippen LogP contribution in [-0.2, 0) is 6.42 Å². The summed E-state index contributed by atoms with van der Waals surface area (Å²) >= 11 is 3.70. The molecule has 1 unspecified atom stereocenters. The Morgan fingerprint density at radius 3 is 2.50 bits per heavy atom. The lowest BCUT2D eigenvalue weighted by molar-refractivity contribution is 0.271. The van der Waals surface area contributed by atoms with E-state index in [2.05, 4.69) is 74.0 Å². The molecule has 0 fully saturated rings. The molecule has 26 heavy (non-hydrogen) atoms. The first-order chi connectivity index (χ1) is 12.5. The topological polar surface area (TPSA) is 18.5 Å². The number of rotatable bonds is 11. The Bertz CT molecular complexity index is 681. The molecule has 0 spiro atoms. The predicted octanol–water partition coefficient (Wildman–Crippen LogP) is 7.16. The largest absolute Gasteiger partial charge is 0.493 e. The summed E-state index contributed by atoms with van der Waals surface area (Å²) in [6.45, 7) is 10.3. The van der Waals surface area contributed by atoms with E-state index in [1.165, 1.54) is 35.6 Å². The first-order valence-electron chi connectivity index (χ1n) is 10.00. The number of alkyl halides is 1. The van der Waals surface area contributed by atoms with E-state index in [1.54, 1.807) is 0 Å². The average Bonchev–Trinajstić information content (AvgIpc) is 2.65. The van der Waals surface area contributed by atoms with Crippen LogP contribution in [0.5, 0.6) is 11.5 Å². The molecule has 2 aromatic rings. The second-order valence-corrected chi connectivity index (χ2v) is 8.63. The molecule has 0 aromatic heterocycles. The molecule has 1 atom stereocenters. The highest BCUT2D eigenvalue weighted by Gasteiger charge is 2.09.